The van der Waals surface area contributed by atoms with Gasteiger partial charge in [-0.3, -0.25) is 0 Å². The Morgan fingerprint density at radius 1 is 1.33 bits per heavy atom. The molecule has 0 saturated carbocycles. The zero-order valence-electron chi connectivity index (χ0n) is 10.3. The van der Waals surface area contributed by atoms with E-state index in [2.05, 4.69) is 5.32 Å². The first kappa shape index (κ1) is 15.7. The third-order valence-electron chi connectivity index (χ3n) is 3.01. The Morgan fingerprint density at radius 3 is 2.50 bits per heavy atom. The molecule has 1 fully saturated rings. The average Bonchev–Trinajstić information content (AvgIpc) is 2.26. The Bertz CT molecular complexity index is 351. The van der Waals surface area contributed by atoms with E-state index in [-0.39, 0.29) is 11.8 Å². The zero-order valence-corrected chi connectivity index (χ0v) is 11.1. The molecule has 0 amide bonds. The molecule has 0 aromatic carbocycles. The van der Waals surface area contributed by atoms with Crippen LogP contribution in [0.15, 0.2) is 0 Å². The molecule has 0 bridgehead atoms. The third kappa shape index (κ3) is 5.53. The predicted molar refractivity (Wildman–Crippen MR) is 62.7 cm³/mol. The molecule has 1 N–H and O–H groups in total. The molecule has 1 heterocycles. The lowest BCUT2D eigenvalue weighted by molar-refractivity contribution is -0.134. The number of piperidine rings is 1. The van der Waals surface area contributed by atoms with E-state index in [1.54, 1.807) is 0 Å². The maximum absolute atomic E-state index is 12.1. The molecule has 1 rings (SSSR count). The largest absolute Gasteiger partial charge is 0.402 e. The summed E-state index contributed by atoms with van der Waals surface area (Å²) < 4.78 is 60.0. The molecule has 1 aliphatic heterocycles. The van der Waals surface area contributed by atoms with Gasteiger partial charge >= 0.3 is 6.18 Å². The summed E-state index contributed by atoms with van der Waals surface area (Å²) in [6, 6.07) is 0.104. The molecule has 4 nitrogen and oxygen atoms in total. The van der Waals surface area contributed by atoms with Crippen molar-refractivity contribution in [2.24, 2.45) is 0 Å². The maximum atomic E-state index is 12.1. The Morgan fingerprint density at radius 2 is 2.00 bits per heavy atom. The Balaban J connectivity index is 2.43. The Labute approximate surface area is 106 Å². The van der Waals surface area contributed by atoms with E-state index in [1.807, 2.05) is 0 Å². The number of rotatable bonds is 5. The van der Waals surface area contributed by atoms with Crippen molar-refractivity contribution in [3.63, 3.8) is 0 Å². The van der Waals surface area contributed by atoms with Crippen molar-refractivity contribution < 1.29 is 21.6 Å². The van der Waals surface area contributed by atoms with Gasteiger partial charge in [0.1, 0.15) is 6.54 Å². The fourth-order valence-corrected chi connectivity index (χ4v) is 3.21. The highest BCUT2D eigenvalue weighted by Crippen LogP contribution is 2.18. The first-order valence-electron chi connectivity index (χ1n) is 5.95. The topological polar surface area (TPSA) is 49.4 Å². The van der Waals surface area contributed by atoms with Crippen LogP contribution in [0, 0.1) is 0 Å². The van der Waals surface area contributed by atoms with Crippen molar-refractivity contribution in [3.05, 3.63) is 0 Å². The first-order chi connectivity index (χ1) is 8.21. The van der Waals surface area contributed by atoms with Crippen molar-refractivity contribution in [1.29, 1.82) is 0 Å². The number of nitrogens with one attached hydrogen (secondary N) is 1. The van der Waals surface area contributed by atoms with Gasteiger partial charge in [-0.15, -0.1) is 0 Å². The number of alkyl halides is 3. The lowest BCUT2D eigenvalue weighted by Crippen LogP contribution is -2.40. The van der Waals surface area contributed by atoms with E-state index in [9.17, 15) is 21.6 Å². The minimum atomic E-state index is -4.50. The van der Waals surface area contributed by atoms with Crippen molar-refractivity contribution in [2.75, 3.05) is 25.9 Å². The monoisotopic (exact) mass is 288 g/mol. The van der Waals surface area contributed by atoms with Crippen molar-refractivity contribution in [2.45, 2.75) is 37.9 Å². The van der Waals surface area contributed by atoms with E-state index >= 15 is 0 Å². The third-order valence-corrected chi connectivity index (χ3v) is 4.84. The summed E-state index contributed by atoms with van der Waals surface area (Å²) in [5.41, 5.74) is 0. The summed E-state index contributed by atoms with van der Waals surface area (Å²) >= 11 is 0. The van der Waals surface area contributed by atoms with Crippen LogP contribution in [-0.4, -0.2) is 50.8 Å². The van der Waals surface area contributed by atoms with E-state index in [4.69, 9.17) is 0 Å². The van der Waals surface area contributed by atoms with Crippen LogP contribution in [0.25, 0.3) is 0 Å². The predicted octanol–water partition coefficient (Wildman–Crippen LogP) is 1.34. The Kier molecular flexibility index (Phi) is 5.42. The number of halogens is 3. The van der Waals surface area contributed by atoms with Gasteiger partial charge in [-0.2, -0.15) is 17.5 Å². The summed E-state index contributed by atoms with van der Waals surface area (Å²) in [5, 5.41) is 3.17. The molecular weight excluding hydrogens is 269 g/mol. The molecule has 1 unspecified atom stereocenters. The molecule has 108 valence electrons. The van der Waals surface area contributed by atoms with Crippen LogP contribution >= 0.6 is 0 Å². The second-order valence-corrected chi connectivity index (χ2v) is 6.82. The van der Waals surface area contributed by atoms with Gasteiger partial charge in [0.15, 0.2) is 0 Å². The lowest BCUT2D eigenvalue weighted by atomic mass is 10.0. The summed E-state index contributed by atoms with van der Waals surface area (Å²) in [7, 11) is -2.85. The molecule has 1 aliphatic rings. The zero-order chi connectivity index (χ0) is 13.8. The lowest BCUT2D eigenvalue weighted by Gasteiger charge is -2.24. The summed E-state index contributed by atoms with van der Waals surface area (Å²) in [6.07, 6.45) is -1.14. The minimum Gasteiger partial charge on any atom is -0.314 e. The summed E-state index contributed by atoms with van der Waals surface area (Å²) in [4.78, 5) is 0. The van der Waals surface area contributed by atoms with E-state index < -0.39 is 22.7 Å². The van der Waals surface area contributed by atoms with E-state index in [0.29, 0.717) is 10.7 Å². The van der Waals surface area contributed by atoms with E-state index in [1.165, 1.54) is 0 Å². The summed E-state index contributed by atoms with van der Waals surface area (Å²) in [6.45, 7) is -0.573. The molecule has 0 aromatic rings. The number of hydrogen-bond donors (Lipinski definition) is 1. The average molecular weight is 288 g/mol. The molecule has 0 spiro atoms. The van der Waals surface area contributed by atoms with Gasteiger partial charge in [0.2, 0.25) is 10.0 Å². The molecule has 0 radical (unpaired) electrons. The Hall–Kier alpha value is -0.340. The van der Waals surface area contributed by atoms with Gasteiger partial charge in [0.25, 0.3) is 0 Å². The number of sulfonamides is 1. The van der Waals surface area contributed by atoms with Crippen LogP contribution < -0.4 is 5.32 Å². The van der Waals surface area contributed by atoms with Crippen LogP contribution in [0.5, 0.6) is 0 Å². The van der Waals surface area contributed by atoms with Crippen LogP contribution in [0.4, 0.5) is 13.2 Å². The highest BCUT2D eigenvalue weighted by molar-refractivity contribution is 7.89. The van der Waals surface area contributed by atoms with Gasteiger partial charge in [0, 0.05) is 13.1 Å². The number of hydrogen-bond acceptors (Lipinski definition) is 3. The van der Waals surface area contributed by atoms with Crippen molar-refractivity contribution >= 4 is 10.0 Å². The standard InChI is InChI=1S/C10H19F3N2O2S/c1-15(8-10(11,12)13)18(16,17)7-5-9-4-2-3-6-14-9/h9,14H,2-8H2,1H3. The van der Waals surface area contributed by atoms with Gasteiger partial charge in [-0.1, -0.05) is 6.42 Å². The van der Waals surface area contributed by atoms with Crippen molar-refractivity contribution in [1.82, 2.24) is 9.62 Å². The second kappa shape index (κ2) is 6.21. The minimum absolute atomic E-state index is 0.104. The fraction of sp³-hybridized carbons (Fsp3) is 1.00. The van der Waals surface area contributed by atoms with Gasteiger partial charge in [-0.25, -0.2) is 8.42 Å². The smallest absolute Gasteiger partial charge is 0.314 e. The molecular formula is C10H19F3N2O2S. The fourth-order valence-electron chi connectivity index (χ4n) is 1.97. The second-order valence-electron chi connectivity index (χ2n) is 4.62. The number of nitrogens with zero attached hydrogens (tertiary/aromatic N) is 1. The molecule has 0 aromatic heterocycles. The van der Waals surface area contributed by atoms with E-state index in [0.717, 1.165) is 32.9 Å². The normalized spacial score (nSPS) is 22.4. The van der Waals surface area contributed by atoms with Crippen LogP contribution in [-0.2, 0) is 10.0 Å². The highest BCUT2D eigenvalue weighted by atomic mass is 32.2. The van der Waals surface area contributed by atoms with Crippen LogP contribution in [0.2, 0.25) is 0 Å². The van der Waals surface area contributed by atoms with Gasteiger partial charge in [0.05, 0.1) is 5.75 Å². The molecule has 18 heavy (non-hydrogen) atoms. The van der Waals surface area contributed by atoms with Crippen LogP contribution in [0.1, 0.15) is 25.7 Å². The highest BCUT2D eigenvalue weighted by Gasteiger charge is 2.34. The van der Waals surface area contributed by atoms with Gasteiger partial charge in [-0.05, 0) is 25.8 Å². The van der Waals surface area contributed by atoms with Crippen molar-refractivity contribution in [3.8, 4) is 0 Å². The molecule has 1 saturated heterocycles. The maximum Gasteiger partial charge on any atom is 0.402 e. The summed E-state index contributed by atoms with van der Waals surface area (Å²) in [5.74, 6) is -0.239. The molecule has 8 heteroatoms. The SMILES string of the molecule is CN(CC(F)(F)F)S(=O)(=O)CCC1CCCCN1. The molecule has 0 aliphatic carbocycles. The first-order valence-corrected chi connectivity index (χ1v) is 7.56. The van der Waals surface area contributed by atoms with Gasteiger partial charge < -0.3 is 5.32 Å². The van der Waals surface area contributed by atoms with Crippen LogP contribution in [0.3, 0.4) is 0 Å². The quantitative estimate of drug-likeness (QED) is 0.830. The molecule has 1 atom stereocenters.